The lowest BCUT2D eigenvalue weighted by Gasteiger charge is -2.58. The SMILES string of the molecule is CC[C@@H](N=[N+]=[N-])[C@@H](O)[C@]1(Br)C(=O)N([C@@H](C)c2ccccc2)[C@H]1c1ccccc1. The molecule has 5 atom stereocenters. The number of rotatable bonds is 7. The molecule has 1 amide bonds. The van der Waals surface area contributed by atoms with Crippen LogP contribution in [0.5, 0.6) is 0 Å². The van der Waals surface area contributed by atoms with Gasteiger partial charge in [-0.25, -0.2) is 0 Å². The summed E-state index contributed by atoms with van der Waals surface area (Å²) < 4.78 is -1.24. The van der Waals surface area contributed by atoms with Crippen LogP contribution < -0.4 is 0 Å². The Bertz CT molecular complexity index is 872. The Morgan fingerprint density at radius 2 is 1.79 bits per heavy atom. The van der Waals surface area contributed by atoms with Crippen molar-refractivity contribution in [2.24, 2.45) is 5.11 Å². The van der Waals surface area contributed by atoms with E-state index in [2.05, 4.69) is 26.0 Å². The Hall–Kier alpha value is -2.34. The number of carbonyl (C=O) groups is 1. The molecule has 0 radical (unpaired) electrons. The van der Waals surface area contributed by atoms with Crippen molar-refractivity contribution < 1.29 is 9.90 Å². The van der Waals surface area contributed by atoms with Gasteiger partial charge in [0, 0.05) is 4.91 Å². The van der Waals surface area contributed by atoms with Crippen LogP contribution >= 0.6 is 15.9 Å². The van der Waals surface area contributed by atoms with Gasteiger partial charge in [0.1, 0.15) is 0 Å². The molecular formula is C21H23BrN4O2. The molecule has 0 bridgehead atoms. The van der Waals surface area contributed by atoms with Crippen LogP contribution in [-0.2, 0) is 4.79 Å². The smallest absolute Gasteiger partial charge is 0.245 e. The Labute approximate surface area is 172 Å². The zero-order chi connectivity index (χ0) is 20.3. The number of likely N-dealkylation sites (tertiary alicyclic amines) is 1. The Balaban J connectivity index is 2.04. The molecule has 0 saturated carbocycles. The van der Waals surface area contributed by atoms with Gasteiger partial charge in [-0.2, -0.15) is 0 Å². The van der Waals surface area contributed by atoms with Gasteiger partial charge >= 0.3 is 0 Å². The summed E-state index contributed by atoms with van der Waals surface area (Å²) in [6, 6.07) is 18.2. The van der Waals surface area contributed by atoms with Crippen molar-refractivity contribution in [1.29, 1.82) is 0 Å². The molecular weight excluding hydrogens is 420 g/mol. The van der Waals surface area contributed by atoms with Crippen molar-refractivity contribution in [3.63, 3.8) is 0 Å². The maximum Gasteiger partial charge on any atom is 0.245 e. The van der Waals surface area contributed by atoms with Crippen LogP contribution in [0.25, 0.3) is 10.4 Å². The van der Waals surface area contributed by atoms with Crippen LogP contribution in [0.15, 0.2) is 65.8 Å². The van der Waals surface area contributed by atoms with Crippen molar-refractivity contribution in [3.05, 3.63) is 82.2 Å². The lowest BCUT2D eigenvalue weighted by atomic mass is 9.74. The molecule has 146 valence electrons. The fourth-order valence-electron chi connectivity index (χ4n) is 3.90. The number of amides is 1. The number of alkyl halides is 1. The third-order valence-corrected chi connectivity index (χ3v) is 6.71. The van der Waals surface area contributed by atoms with Gasteiger partial charge in [0.15, 0.2) is 4.32 Å². The van der Waals surface area contributed by atoms with Crippen molar-refractivity contribution in [2.45, 2.75) is 48.8 Å². The number of benzene rings is 2. The molecule has 1 fully saturated rings. The predicted octanol–water partition coefficient (Wildman–Crippen LogP) is 4.91. The number of aliphatic hydroxyl groups is 1. The van der Waals surface area contributed by atoms with Gasteiger partial charge < -0.3 is 10.0 Å². The second-order valence-electron chi connectivity index (χ2n) is 7.01. The van der Waals surface area contributed by atoms with Crippen LogP contribution in [0.3, 0.4) is 0 Å². The Morgan fingerprint density at radius 3 is 2.32 bits per heavy atom. The molecule has 1 aliphatic rings. The summed E-state index contributed by atoms with van der Waals surface area (Å²) in [6.07, 6.45) is -0.716. The van der Waals surface area contributed by atoms with Crippen LogP contribution in [-0.4, -0.2) is 32.4 Å². The number of halogens is 1. The molecule has 2 aromatic carbocycles. The molecule has 2 aromatic rings. The van der Waals surface area contributed by atoms with Crippen LogP contribution in [0.2, 0.25) is 0 Å². The second-order valence-corrected chi connectivity index (χ2v) is 8.32. The first-order chi connectivity index (χ1) is 13.5. The van der Waals surface area contributed by atoms with Gasteiger partial charge in [-0.05, 0) is 30.0 Å². The maximum absolute atomic E-state index is 13.3. The summed E-state index contributed by atoms with van der Waals surface area (Å²) in [5, 5.41) is 14.7. The number of β-lactam (4-membered cyclic amide) rings is 1. The number of hydrogen-bond donors (Lipinski definition) is 1. The van der Waals surface area contributed by atoms with E-state index in [0.717, 1.165) is 11.1 Å². The minimum Gasteiger partial charge on any atom is -0.391 e. The maximum atomic E-state index is 13.3. The summed E-state index contributed by atoms with van der Waals surface area (Å²) >= 11 is 3.57. The molecule has 28 heavy (non-hydrogen) atoms. The minimum absolute atomic E-state index is 0.170. The average molecular weight is 443 g/mol. The Kier molecular flexibility index (Phi) is 6.08. The highest BCUT2D eigenvalue weighted by Crippen LogP contribution is 2.55. The summed E-state index contributed by atoms with van der Waals surface area (Å²) in [5.41, 5.74) is 10.8. The first-order valence-corrected chi connectivity index (χ1v) is 10.1. The highest BCUT2D eigenvalue weighted by Gasteiger charge is 2.65. The summed E-state index contributed by atoms with van der Waals surface area (Å²) in [7, 11) is 0. The van der Waals surface area contributed by atoms with E-state index in [1.807, 2.05) is 74.5 Å². The highest BCUT2D eigenvalue weighted by atomic mass is 79.9. The first-order valence-electron chi connectivity index (χ1n) is 9.30. The predicted molar refractivity (Wildman–Crippen MR) is 112 cm³/mol. The highest BCUT2D eigenvalue weighted by molar-refractivity contribution is 9.10. The van der Waals surface area contributed by atoms with E-state index in [-0.39, 0.29) is 11.9 Å². The lowest BCUT2D eigenvalue weighted by Crippen LogP contribution is -2.71. The van der Waals surface area contributed by atoms with Gasteiger partial charge in [-0.15, -0.1) is 0 Å². The molecule has 1 heterocycles. The van der Waals surface area contributed by atoms with E-state index >= 15 is 0 Å². The quantitative estimate of drug-likeness (QED) is 0.217. The van der Waals surface area contributed by atoms with Gasteiger partial charge in [0.25, 0.3) is 0 Å². The molecule has 0 spiro atoms. The average Bonchev–Trinajstić information content (AvgIpc) is 2.75. The number of carbonyl (C=O) groups excluding carboxylic acids is 1. The molecule has 1 N–H and O–H groups in total. The third-order valence-electron chi connectivity index (χ3n) is 5.47. The first kappa shape index (κ1) is 20.4. The van der Waals surface area contributed by atoms with Gasteiger partial charge in [0.2, 0.25) is 5.91 Å². The molecule has 6 nitrogen and oxygen atoms in total. The zero-order valence-corrected chi connectivity index (χ0v) is 17.4. The number of nitrogens with zero attached hydrogens (tertiary/aromatic N) is 4. The van der Waals surface area contributed by atoms with E-state index in [1.165, 1.54) is 0 Å². The van der Waals surface area contributed by atoms with E-state index < -0.39 is 22.5 Å². The van der Waals surface area contributed by atoms with Crippen molar-refractivity contribution >= 4 is 21.8 Å². The number of hydrogen-bond acceptors (Lipinski definition) is 3. The molecule has 0 unspecified atom stereocenters. The molecule has 1 saturated heterocycles. The van der Waals surface area contributed by atoms with Crippen LogP contribution in [0.4, 0.5) is 0 Å². The van der Waals surface area contributed by atoms with Gasteiger partial charge in [-0.1, -0.05) is 88.6 Å². The fraction of sp³-hybridized carbons (Fsp3) is 0.381. The van der Waals surface area contributed by atoms with E-state index in [4.69, 9.17) is 5.53 Å². The van der Waals surface area contributed by atoms with Crippen molar-refractivity contribution in [2.75, 3.05) is 0 Å². The van der Waals surface area contributed by atoms with E-state index in [9.17, 15) is 9.90 Å². The number of azide groups is 1. The standard InChI is InChI=1S/C21H23BrN4O2/c1-3-17(24-25-23)19(27)21(22)18(16-12-8-5-9-13-16)26(20(21)28)14(2)15-10-6-4-7-11-15/h4-14,17-19,27H,3H2,1-2H3/t14-,17+,18-,19+,21-/m0/s1. The Morgan fingerprint density at radius 1 is 1.21 bits per heavy atom. The lowest BCUT2D eigenvalue weighted by molar-refractivity contribution is -0.164. The second kappa shape index (κ2) is 8.35. The molecule has 7 heteroatoms. The zero-order valence-electron chi connectivity index (χ0n) is 15.8. The molecule has 3 rings (SSSR count). The normalized spacial score (nSPS) is 24.6. The van der Waals surface area contributed by atoms with Crippen LogP contribution in [0.1, 0.15) is 43.5 Å². The minimum atomic E-state index is -1.24. The summed E-state index contributed by atoms with van der Waals surface area (Å²) in [6.45, 7) is 3.80. The monoisotopic (exact) mass is 442 g/mol. The van der Waals surface area contributed by atoms with Gasteiger partial charge in [-0.3, -0.25) is 4.79 Å². The van der Waals surface area contributed by atoms with Crippen molar-refractivity contribution in [1.82, 2.24) is 4.90 Å². The molecule has 1 aliphatic heterocycles. The van der Waals surface area contributed by atoms with Gasteiger partial charge in [0.05, 0.1) is 24.2 Å². The van der Waals surface area contributed by atoms with Crippen LogP contribution in [0, 0.1) is 0 Å². The third kappa shape index (κ3) is 3.30. The van der Waals surface area contributed by atoms with E-state index in [0.29, 0.717) is 6.42 Å². The largest absolute Gasteiger partial charge is 0.391 e. The molecule has 0 aromatic heterocycles. The topological polar surface area (TPSA) is 89.3 Å². The number of aliphatic hydroxyl groups excluding tert-OH is 1. The summed E-state index contributed by atoms with van der Waals surface area (Å²) in [4.78, 5) is 18.0. The fourth-order valence-corrected chi connectivity index (χ4v) is 4.90. The summed E-state index contributed by atoms with van der Waals surface area (Å²) in [5.74, 6) is -0.211. The van der Waals surface area contributed by atoms with E-state index in [1.54, 1.807) is 4.90 Å². The van der Waals surface area contributed by atoms with Crippen molar-refractivity contribution in [3.8, 4) is 0 Å². The molecule has 0 aliphatic carbocycles.